The Morgan fingerprint density at radius 2 is 2.29 bits per heavy atom. The van der Waals surface area contributed by atoms with Crippen molar-refractivity contribution in [1.29, 1.82) is 0 Å². The smallest absolute Gasteiger partial charge is 0.253 e. The first-order valence-electron chi connectivity index (χ1n) is 4.37. The maximum absolute atomic E-state index is 11.5. The second-order valence-corrected chi connectivity index (χ2v) is 3.52. The number of methoxy groups -OCH3 is 1. The highest BCUT2D eigenvalue weighted by molar-refractivity contribution is 6.34. The van der Waals surface area contributed by atoms with Crippen LogP contribution in [0.5, 0.6) is 5.75 Å². The van der Waals surface area contributed by atoms with Gasteiger partial charge in [0.15, 0.2) is 0 Å². The molecular formula is C10H10ClNO2. The quantitative estimate of drug-likeness (QED) is 0.767. The third kappa shape index (κ3) is 1.34. The van der Waals surface area contributed by atoms with Crippen LogP contribution >= 0.6 is 11.6 Å². The van der Waals surface area contributed by atoms with Gasteiger partial charge >= 0.3 is 0 Å². The number of benzene rings is 1. The van der Waals surface area contributed by atoms with Crippen LogP contribution in [-0.4, -0.2) is 19.6 Å². The lowest BCUT2D eigenvalue weighted by Gasteiger charge is -2.19. The molecule has 1 aliphatic heterocycles. The predicted molar refractivity (Wildman–Crippen MR) is 54.0 cm³/mol. The van der Waals surface area contributed by atoms with Crippen LogP contribution in [0, 0.1) is 0 Å². The number of nitrogens with one attached hydrogen (secondary N) is 1. The molecule has 1 aliphatic rings. The van der Waals surface area contributed by atoms with Crippen LogP contribution in [0.25, 0.3) is 0 Å². The van der Waals surface area contributed by atoms with Gasteiger partial charge in [0.1, 0.15) is 5.75 Å². The standard InChI is InChI=1S/C10H10ClNO2/c1-14-8-3-2-7(11)9-6(8)4-5-12-10(9)13/h2-3H,4-5H2,1H3,(H,12,13). The monoisotopic (exact) mass is 211 g/mol. The van der Waals surface area contributed by atoms with Crippen molar-refractivity contribution in [3.63, 3.8) is 0 Å². The first-order valence-corrected chi connectivity index (χ1v) is 4.75. The highest BCUT2D eigenvalue weighted by Crippen LogP contribution is 2.30. The molecule has 3 nitrogen and oxygen atoms in total. The highest BCUT2D eigenvalue weighted by atomic mass is 35.5. The fourth-order valence-corrected chi connectivity index (χ4v) is 1.94. The fraction of sp³-hybridized carbons (Fsp3) is 0.300. The van der Waals surface area contributed by atoms with Crippen molar-refractivity contribution in [2.45, 2.75) is 6.42 Å². The fourth-order valence-electron chi connectivity index (χ4n) is 1.67. The molecule has 0 atom stereocenters. The number of carbonyl (C=O) groups excluding carboxylic acids is 1. The molecule has 1 aromatic rings. The summed E-state index contributed by atoms with van der Waals surface area (Å²) in [5.41, 5.74) is 1.46. The number of halogens is 1. The van der Waals surface area contributed by atoms with Gasteiger partial charge in [-0.05, 0) is 18.6 Å². The number of ether oxygens (including phenoxy) is 1. The summed E-state index contributed by atoms with van der Waals surface area (Å²) in [7, 11) is 1.59. The summed E-state index contributed by atoms with van der Waals surface area (Å²) in [6.45, 7) is 0.641. The molecule has 0 saturated heterocycles. The molecule has 1 amide bonds. The van der Waals surface area contributed by atoms with Gasteiger partial charge < -0.3 is 10.1 Å². The Balaban J connectivity index is 2.63. The average molecular weight is 212 g/mol. The Labute approximate surface area is 87.0 Å². The van der Waals surface area contributed by atoms with Gasteiger partial charge in [-0.2, -0.15) is 0 Å². The van der Waals surface area contributed by atoms with Crippen molar-refractivity contribution >= 4 is 17.5 Å². The zero-order valence-corrected chi connectivity index (χ0v) is 8.52. The SMILES string of the molecule is COc1ccc(Cl)c2c1CCNC2=O. The molecule has 1 aromatic carbocycles. The third-order valence-corrected chi connectivity index (χ3v) is 2.64. The number of fused-ring (bicyclic) bond motifs is 1. The number of amides is 1. The molecule has 0 bridgehead atoms. The van der Waals surface area contributed by atoms with E-state index < -0.39 is 0 Å². The van der Waals surface area contributed by atoms with E-state index in [4.69, 9.17) is 16.3 Å². The Kier molecular flexibility index (Phi) is 2.33. The van der Waals surface area contributed by atoms with Crippen molar-refractivity contribution < 1.29 is 9.53 Å². The van der Waals surface area contributed by atoms with E-state index in [0.29, 0.717) is 17.1 Å². The van der Waals surface area contributed by atoms with Crippen LogP contribution in [0.1, 0.15) is 15.9 Å². The van der Waals surface area contributed by atoms with Gasteiger partial charge in [0, 0.05) is 12.1 Å². The topological polar surface area (TPSA) is 38.3 Å². The molecule has 0 saturated carbocycles. The summed E-state index contributed by atoms with van der Waals surface area (Å²) in [6, 6.07) is 3.48. The molecule has 0 unspecified atom stereocenters. The van der Waals surface area contributed by atoms with E-state index in [1.54, 1.807) is 19.2 Å². The lowest BCUT2D eigenvalue weighted by atomic mass is 9.99. The van der Waals surface area contributed by atoms with Crippen LogP contribution in [0.2, 0.25) is 5.02 Å². The Hall–Kier alpha value is -1.22. The lowest BCUT2D eigenvalue weighted by molar-refractivity contribution is 0.0945. The van der Waals surface area contributed by atoms with Gasteiger partial charge in [-0.15, -0.1) is 0 Å². The largest absolute Gasteiger partial charge is 0.496 e. The second-order valence-electron chi connectivity index (χ2n) is 3.11. The van der Waals surface area contributed by atoms with Crippen LogP contribution in [0.3, 0.4) is 0 Å². The Morgan fingerprint density at radius 3 is 3.00 bits per heavy atom. The van der Waals surface area contributed by atoms with Gasteiger partial charge in [0.25, 0.3) is 5.91 Å². The zero-order chi connectivity index (χ0) is 10.1. The summed E-state index contributed by atoms with van der Waals surface area (Å²) >= 11 is 5.95. The maximum atomic E-state index is 11.5. The molecule has 0 aromatic heterocycles. The Morgan fingerprint density at radius 1 is 1.50 bits per heavy atom. The summed E-state index contributed by atoms with van der Waals surface area (Å²) in [6.07, 6.45) is 0.769. The molecule has 2 rings (SSSR count). The van der Waals surface area contributed by atoms with Crippen LogP contribution in [0.15, 0.2) is 12.1 Å². The first kappa shape index (κ1) is 9.34. The van der Waals surface area contributed by atoms with E-state index in [9.17, 15) is 4.79 Å². The van der Waals surface area contributed by atoms with E-state index >= 15 is 0 Å². The minimum Gasteiger partial charge on any atom is -0.496 e. The number of carbonyl (C=O) groups is 1. The van der Waals surface area contributed by atoms with Gasteiger partial charge in [-0.25, -0.2) is 0 Å². The van der Waals surface area contributed by atoms with E-state index in [-0.39, 0.29) is 5.91 Å². The minimum atomic E-state index is -0.116. The normalized spacial score (nSPS) is 14.6. The van der Waals surface area contributed by atoms with E-state index in [0.717, 1.165) is 17.7 Å². The van der Waals surface area contributed by atoms with Crippen LogP contribution in [-0.2, 0) is 6.42 Å². The first-order chi connectivity index (χ1) is 6.74. The number of rotatable bonds is 1. The van der Waals surface area contributed by atoms with Gasteiger partial charge in [0.05, 0.1) is 17.7 Å². The molecule has 0 aliphatic carbocycles. The van der Waals surface area contributed by atoms with Gasteiger partial charge in [0.2, 0.25) is 0 Å². The van der Waals surface area contributed by atoms with Crippen molar-refractivity contribution in [1.82, 2.24) is 5.32 Å². The third-order valence-electron chi connectivity index (χ3n) is 2.33. The Bertz CT molecular complexity index is 390. The number of hydrogen-bond acceptors (Lipinski definition) is 2. The maximum Gasteiger partial charge on any atom is 0.253 e. The van der Waals surface area contributed by atoms with Gasteiger partial charge in [-0.1, -0.05) is 11.6 Å². The van der Waals surface area contributed by atoms with Crippen molar-refractivity contribution in [3.05, 3.63) is 28.3 Å². The summed E-state index contributed by atoms with van der Waals surface area (Å²) in [5, 5.41) is 3.24. The zero-order valence-electron chi connectivity index (χ0n) is 7.76. The van der Waals surface area contributed by atoms with E-state index in [2.05, 4.69) is 5.32 Å². The molecule has 14 heavy (non-hydrogen) atoms. The van der Waals surface area contributed by atoms with Crippen molar-refractivity contribution in [2.24, 2.45) is 0 Å². The minimum absolute atomic E-state index is 0.116. The highest BCUT2D eigenvalue weighted by Gasteiger charge is 2.22. The number of hydrogen-bond donors (Lipinski definition) is 1. The molecule has 0 fully saturated rings. The molecule has 4 heteroatoms. The lowest BCUT2D eigenvalue weighted by Crippen LogP contribution is -2.32. The molecule has 74 valence electrons. The van der Waals surface area contributed by atoms with E-state index in [1.165, 1.54) is 0 Å². The molecule has 1 heterocycles. The van der Waals surface area contributed by atoms with Crippen molar-refractivity contribution in [3.8, 4) is 5.75 Å². The summed E-state index contributed by atoms with van der Waals surface area (Å²) in [4.78, 5) is 11.5. The molecular weight excluding hydrogens is 202 g/mol. The molecule has 1 N–H and O–H groups in total. The molecule has 0 radical (unpaired) electrons. The summed E-state index contributed by atoms with van der Waals surface area (Å²) in [5.74, 6) is 0.620. The summed E-state index contributed by atoms with van der Waals surface area (Å²) < 4.78 is 5.18. The molecule has 0 spiro atoms. The van der Waals surface area contributed by atoms with E-state index in [1.807, 2.05) is 0 Å². The predicted octanol–water partition coefficient (Wildman–Crippen LogP) is 1.63. The second kappa shape index (κ2) is 3.50. The van der Waals surface area contributed by atoms with Crippen LogP contribution < -0.4 is 10.1 Å². The van der Waals surface area contributed by atoms with Crippen molar-refractivity contribution in [2.75, 3.05) is 13.7 Å². The van der Waals surface area contributed by atoms with Gasteiger partial charge in [-0.3, -0.25) is 4.79 Å². The average Bonchev–Trinajstić information content (AvgIpc) is 2.18. The van der Waals surface area contributed by atoms with Crippen LogP contribution in [0.4, 0.5) is 0 Å².